The van der Waals surface area contributed by atoms with Gasteiger partial charge in [-0.2, -0.15) is 5.10 Å². The van der Waals surface area contributed by atoms with Crippen LogP contribution in [0.1, 0.15) is 79.0 Å². The Hall–Kier alpha value is -2.67. The van der Waals surface area contributed by atoms with E-state index in [-0.39, 0.29) is 41.4 Å². The van der Waals surface area contributed by atoms with Gasteiger partial charge in [0.15, 0.2) is 5.69 Å². The number of nitrogens with one attached hydrogen (secondary N) is 2. The molecule has 0 spiro atoms. The standard InChI is InChI=1S/C25H34N4O3/c1-15-10-19-14-25(32,12-15)13-16(2)22(19)27-24(31)21-11-20(23(30)26-4)28-29(21)17(3)18-8-6-5-7-9-18/h5-9,11,15-17,19,22,32H,10,12-14H2,1-4H3,(H,26,30)(H,27,31)/t15-,16+,17+,19+,22?,25+/m1/s1. The molecule has 1 aromatic heterocycles. The summed E-state index contributed by atoms with van der Waals surface area (Å²) in [6, 6.07) is 11.2. The van der Waals surface area contributed by atoms with E-state index < -0.39 is 5.60 Å². The van der Waals surface area contributed by atoms with E-state index in [9.17, 15) is 14.7 Å². The number of amides is 2. The van der Waals surface area contributed by atoms with Crippen LogP contribution in [0.2, 0.25) is 0 Å². The third-order valence-electron chi connectivity index (χ3n) is 7.27. The fourth-order valence-corrected chi connectivity index (χ4v) is 5.99. The van der Waals surface area contributed by atoms with E-state index in [4.69, 9.17) is 0 Å². The summed E-state index contributed by atoms with van der Waals surface area (Å²) in [6.07, 6.45) is 3.27. The second-order valence-corrected chi connectivity index (χ2v) is 9.94. The van der Waals surface area contributed by atoms with E-state index in [2.05, 4.69) is 29.6 Å². The molecule has 1 heterocycles. The molecule has 0 aliphatic heterocycles. The first-order valence-electron chi connectivity index (χ1n) is 11.6. The van der Waals surface area contributed by atoms with Gasteiger partial charge in [0.05, 0.1) is 11.6 Å². The number of carbonyl (C=O) groups excluding carboxylic acids is 2. The largest absolute Gasteiger partial charge is 0.390 e. The summed E-state index contributed by atoms with van der Waals surface area (Å²) in [6.45, 7) is 6.26. The van der Waals surface area contributed by atoms with Crippen molar-refractivity contribution < 1.29 is 14.7 Å². The van der Waals surface area contributed by atoms with E-state index in [1.807, 2.05) is 37.3 Å². The molecular formula is C25H34N4O3. The number of carbonyl (C=O) groups is 2. The van der Waals surface area contributed by atoms with Crippen LogP contribution in [0.4, 0.5) is 0 Å². The van der Waals surface area contributed by atoms with Crippen molar-refractivity contribution in [3.8, 4) is 0 Å². The molecule has 1 unspecified atom stereocenters. The lowest BCUT2D eigenvalue weighted by molar-refractivity contribution is -0.0916. The smallest absolute Gasteiger partial charge is 0.271 e. The predicted octanol–water partition coefficient (Wildman–Crippen LogP) is 3.16. The lowest BCUT2D eigenvalue weighted by Crippen LogP contribution is -2.56. The molecule has 7 nitrogen and oxygen atoms in total. The van der Waals surface area contributed by atoms with E-state index in [0.717, 1.165) is 24.8 Å². The monoisotopic (exact) mass is 438 g/mol. The molecule has 4 rings (SSSR count). The Morgan fingerprint density at radius 1 is 1.16 bits per heavy atom. The van der Waals surface area contributed by atoms with Gasteiger partial charge in [0, 0.05) is 19.2 Å². The molecule has 2 aromatic rings. The summed E-state index contributed by atoms with van der Waals surface area (Å²) >= 11 is 0. The number of aromatic nitrogens is 2. The Morgan fingerprint density at radius 3 is 2.56 bits per heavy atom. The Balaban J connectivity index is 1.63. The molecule has 2 bridgehead atoms. The van der Waals surface area contributed by atoms with E-state index in [1.165, 1.54) is 0 Å². The van der Waals surface area contributed by atoms with Crippen LogP contribution in [0.3, 0.4) is 0 Å². The lowest BCUT2D eigenvalue weighted by atomic mass is 9.60. The van der Waals surface area contributed by atoms with Gasteiger partial charge in [0.25, 0.3) is 11.8 Å². The number of fused-ring (bicyclic) bond motifs is 2. The van der Waals surface area contributed by atoms with Crippen LogP contribution < -0.4 is 10.6 Å². The summed E-state index contributed by atoms with van der Waals surface area (Å²) in [5.74, 6) is 0.314. The lowest BCUT2D eigenvalue weighted by Gasteiger charge is -2.51. The number of rotatable bonds is 5. The maximum Gasteiger partial charge on any atom is 0.271 e. The molecule has 2 aliphatic rings. The fourth-order valence-electron chi connectivity index (χ4n) is 5.99. The van der Waals surface area contributed by atoms with Crippen LogP contribution in [0.15, 0.2) is 36.4 Å². The van der Waals surface area contributed by atoms with E-state index >= 15 is 0 Å². The molecule has 6 atom stereocenters. The Bertz CT molecular complexity index is 984. The molecule has 2 fully saturated rings. The van der Waals surface area contributed by atoms with Crippen molar-refractivity contribution in [3.63, 3.8) is 0 Å². The molecule has 3 N–H and O–H groups in total. The van der Waals surface area contributed by atoms with Crippen LogP contribution in [-0.4, -0.2) is 45.4 Å². The predicted molar refractivity (Wildman–Crippen MR) is 122 cm³/mol. The topological polar surface area (TPSA) is 96.3 Å². The van der Waals surface area contributed by atoms with Crippen LogP contribution in [0.25, 0.3) is 0 Å². The van der Waals surface area contributed by atoms with Gasteiger partial charge in [0.2, 0.25) is 0 Å². The highest BCUT2D eigenvalue weighted by molar-refractivity contribution is 5.98. The maximum atomic E-state index is 13.5. The molecule has 172 valence electrons. The maximum absolute atomic E-state index is 13.5. The van der Waals surface area contributed by atoms with Gasteiger partial charge in [-0.05, 0) is 55.9 Å². The molecule has 7 heteroatoms. The van der Waals surface area contributed by atoms with Crippen molar-refractivity contribution in [3.05, 3.63) is 53.3 Å². The Morgan fingerprint density at radius 2 is 1.88 bits per heavy atom. The molecule has 0 saturated heterocycles. The minimum absolute atomic E-state index is 0.00985. The van der Waals surface area contributed by atoms with Crippen molar-refractivity contribution in [2.24, 2.45) is 17.8 Å². The third kappa shape index (κ3) is 4.31. The summed E-state index contributed by atoms with van der Waals surface area (Å²) in [5, 5.41) is 21.3. The van der Waals surface area contributed by atoms with Crippen LogP contribution >= 0.6 is 0 Å². The first-order chi connectivity index (χ1) is 15.2. The number of nitrogens with zero attached hydrogens (tertiary/aromatic N) is 2. The van der Waals surface area contributed by atoms with Gasteiger partial charge in [-0.15, -0.1) is 0 Å². The summed E-state index contributed by atoms with van der Waals surface area (Å²) < 4.78 is 1.64. The minimum atomic E-state index is -0.612. The van der Waals surface area contributed by atoms with Crippen molar-refractivity contribution in [2.45, 2.75) is 64.1 Å². The highest BCUT2D eigenvalue weighted by Gasteiger charge is 2.48. The zero-order valence-electron chi connectivity index (χ0n) is 19.3. The van der Waals surface area contributed by atoms with Crippen molar-refractivity contribution in [1.82, 2.24) is 20.4 Å². The zero-order valence-corrected chi connectivity index (χ0v) is 19.3. The molecule has 2 aliphatic carbocycles. The van der Waals surface area contributed by atoms with Crippen LogP contribution in [-0.2, 0) is 0 Å². The van der Waals surface area contributed by atoms with Crippen LogP contribution in [0, 0.1) is 17.8 Å². The van der Waals surface area contributed by atoms with Gasteiger partial charge < -0.3 is 15.7 Å². The number of hydrogen-bond donors (Lipinski definition) is 3. The normalized spacial score (nSPS) is 30.4. The third-order valence-corrected chi connectivity index (χ3v) is 7.27. The van der Waals surface area contributed by atoms with Gasteiger partial charge in [-0.1, -0.05) is 44.2 Å². The average molecular weight is 439 g/mol. The molecule has 32 heavy (non-hydrogen) atoms. The number of benzene rings is 1. The highest BCUT2D eigenvalue weighted by Crippen LogP contribution is 2.47. The van der Waals surface area contributed by atoms with E-state index in [1.54, 1.807) is 17.8 Å². The molecule has 1 aromatic carbocycles. The van der Waals surface area contributed by atoms with Gasteiger partial charge >= 0.3 is 0 Å². The van der Waals surface area contributed by atoms with Crippen molar-refractivity contribution in [2.75, 3.05) is 7.05 Å². The molecule has 2 saturated carbocycles. The van der Waals surface area contributed by atoms with Crippen LogP contribution in [0.5, 0.6) is 0 Å². The van der Waals surface area contributed by atoms with Crippen molar-refractivity contribution >= 4 is 11.8 Å². The highest BCUT2D eigenvalue weighted by atomic mass is 16.3. The first kappa shape index (κ1) is 22.5. The zero-order chi connectivity index (χ0) is 23.0. The number of hydrogen-bond acceptors (Lipinski definition) is 4. The molecular weight excluding hydrogens is 404 g/mol. The quantitative estimate of drug-likeness (QED) is 0.668. The summed E-state index contributed by atoms with van der Waals surface area (Å²) in [4.78, 5) is 25.8. The number of aliphatic hydroxyl groups is 1. The molecule has 0 radical (unpaired) electrons. The average Bonchev–Trinajstić information content (AvgIpc) is 3.20. The second-order valence-electron chi connectivity index (χ2n) is 9.94. The van der Waals surface area contributed by atoms with Gasteiger partial charge in [0.1, 0.15) is 5.69 Å². The Kier molecular flexibility index (Phi) is 6.12. The van der Waals surface area contributed by atoms with E-state index in [0.29, 0.717) is 18.0 Å². The summed E-state index contributed by atoms with van der Waals surface area (Å²) in [7, 11) is 1.55. The Labute approximate surface area is 189 Å². The van der Waals surface area contributed by atoms with Gasteiger partial charge in [-0.25, -0.2) is 0 Å². The molecule has 2 amide bonds. The first-order valence-corrected chi connectivity index (χ1v) is 11.6. The summed E-state index contributed by atoms with van der Waals surface area (Å²) in [5.41, 5.74) is 0.985. The SMILES string of the molecule is CNC(=O)c1cc(C(=O)NC2[C@H]3C[C@@H](C)C[C@@](O)(C3)C[C@@H]2C)n([C@@H](C)c2ccccc2)n1. The second kappa shape index (κ2) is 8.70. The fraction of sp³-hybridized carbons (Fsp3) is 0.560. The minimum Gasteiger partial charge on any atom is -0.390 e. The van der Waals surface area contributed by atoms with Crippen molar-refractivity contribution in [1.29, 1.82) is 0 Å². The van der Waals surface area contributed by atoms with Gasteiger partial charge in [-0.3, -0.25) is 14.3 Å².